The fraction of sp³-hybridized carbons (Fsp3) is 0.324. The van der Waals surface area contributed by atoms with Crippen molar-refractivity contribution in [2.24, 2.45) is 0 Å². The van der Waals surface area contributed by atoms with E-state index < -0.39 is 35.8 Å². The van der Waals surface area contributed by atoms with Crippen molar-refractivity contribution >= 4 is 23.5 Å². The molecule has 49 heavy (non-hydrogen) atoms. The first-order valence-corrected chi connectivity index (χ1v) is 15.8. The van der Waals surface area contributed by atoms with Crippen LogP contribution in [0, 0.1) is 0 Å². The zero-order valence-corrected chi connectivity index (χ0v) is 26.7. The van der Waals surface area contributed by atoms with Crippen LogP contribution in [0.15, 0.2) is 85.2 Å². The molecule has 2 aromatic heterocycles. The number of hydrogen-bond acceptors (Lipinski definition) is 7. The molecular formula is C34H35F3N8O4. The Morgan fingerprint density at radius 1 is 1.10 bits per heavy atom. The highest BCUT2D eigenvalue weighted by Gasteiger charge is 2.44. The quantitative estimate of drug-likeness (QED) is 0.246. The van der Waals surface area contributed by atoms with Crippen LogP contribution in [0.2, 0.25) is 0 Å². The molecule has 0 saturated carbocycles. The zero-order valence-electron chi connectivity index (χ0n) is 26.7. The van der Waals surface area contributed by atoms with E-state index in [0.717, 1.165) is 24.6 Å². The second-order valence-corrected chi connectivity index (χ2v) is 11.8. The third-order valence-electron chi connectivity index (χ3n) is 8.45. The van der Waals surface area contributed by atoms with E-state index in [1.54, 1.807) is 29.9 Å². The van der Waals surface area contributed by atoms with Crippen LogP contribution in [0.3, 0.4) is 0 Å². The van der Waals surface area contributed by atoms with Crippen LogP contribution in [-0.2, 0) is 27.2 Å². The van der Waals surface area contributed by atoms with Gasteiger partial charge in [0.15, 0.2) is 0 Å². The van der Waals surface area contributed by atoms with E-state index in [-0.39, 0.29) is 23.7 Å². The maximum Gasteiger partial charge on any atom is 0.504 e. The van der Waals surface area contributed by atoms with Crippen molar-refractivity contribution in [3.05, 3.63) is 108 Å². The summed E-state index contributed by atoms with van der Waals surface area (Å²) in [5.74, 6) is -2.01. The van der Waals surface area contributed by atoms with Crippen LogP contribution in [0.4, 0.5) is 19.0 Å². The average Bonchev–Trinajstić information content (AvgIpc) is 3.78. The molecule has 12 nitrogen and oxygen atoms in total. The number of carbonyl (C=O) groups excluding carboxylic acids is 3. The van der Waals surface area contributed by atoms with E-state index in [1.807, 2.05) is 47.4 Å². The van der Waals surface area contributed by atoms with Gasteiger partial charge in [-0.3, -0.25) is 24.2 Å². The van der Waals surface area contributed by atoms with Gasteiger partial charge in [0.05, 0.1) is 18.6 Å². The predicted molar refractivity (Wildman–Crippen MR) is 173 cm³/mol. The maximum atomic E-state index is 14.2. The fourth-order valence-corrected chi connectivity index (χ4v) is 6.14. The average molecular weight is 677 g/mol. The molecule has 0 radical (unpaired) electrons. The maximum absolute atomic E-state index is 14.2. The number of amides is 3. The van der Waals surface area contributed by atoms with Gasteiger partial charge >= 0.3 is 6.30 Å². The van der Waals surface area contributed by atoms with Crippen LogP contribution < -0.4 is 15.5 Å². The lowest BCUT2D eigenvalue weighted by atomic mass is 9.82. The number of rotatable bonds is 10. The van der Waals surface area contributed by atoms with Crippen LogP contribution in [0.1, 0.15) is 46.4 Å². The number of likely N-dealkylation sites (N-methyl/N-ethyl adjacent to an activating group) is 1. The Morgan fingerprint density at radius 2 is 1.90 bits per heavy atom. The Kier molecular flexibility index (Phi) is 9.65. The van der Waals surface area contributed by atoms with Crippen molar-refractivity contribution in [1.82, 2.24) is 35.1 Å². The molecule has 2 N–H and O–H groups in total. The lowest BCUT2D eigenvalue weighted by molar-refractivity contribution is -0.212. The first kappa shape index (κ1) is 33.6. The molecule has 6 rings (SSSR count). The summed E-state index contributed by atoms with van der Waals surface area (Å²) in [4.78, 5) is 44.0. The second kappa shape index (κ2) is 14.1. The summed E-state index contributed by atoms with van der Waals surface area (Å²) in [7, 11) is 0. The Morgan fingerprint density at radius 3 is 2.59 bits per heavy atom. The molecule has 15 heteroatoms. The molecule has 256 valence electrons. The standard InChI is InChI=1S/C34H35F3N8O4/c1-3-43-32-26(19-39-45(32)25-11-5-4-6-12-25)28(29(33(43)48)40-31(47)27-13-15-44(41-27)34(35,36)37)24-10-7-9-23(17-24)18-38-30(46)22(2)20-42-14-8-16-49-21-42/h4-7,9-13,15,17,19,28-29H,2-3,8,14,16,18,20-21H2,1H3,(H,38,46)(H,40,47)/t28-,29+/m1/s1. The van der Waals surface area contributed by atoms with Crippen molar-refractivity contribution in [3.8, 4) is 5.69 Å². The van der Waals surface area contributed by atoms with Gasteiger partial charge in [0.1, 0.15) is 17.6 Å². The van der Waals surface area contributed by atoms with E-state index in [9.17, 15) is 27.6 Å². The van der Waals surface area contributed by atoms with E-state index in [1.165, 1.54) is 4.90 Å². The first-order valence-electron chi connectivity index (χ1n) is 15.8. The van der Waals surface area contributed by atoms with Gasteiger partial charge in [-0.1, -0.05) is 49.0 Å². The molecule has 0 aliphatic carbocycles. The molecule has 2 atom stereocenters. The summed E-state index contributed by atoms with van der Waals surface area (Å²) in [6.45, 7) is 8.42. The van der Waals surface area contributed by atoms with Crippen molar-refractivity contribution < 1.29 is 32.3 Å². The van der Waals surface area contributed by atoms with Crippen molar-refractivity contribution in [1.29, 1.82) is 0 Å². The number of nitrogens with one attached hydrogen (secondary N) is 2. The number of halogens is 3. The molecular weight excluding hydrogens is 641 g/mol. The molecule has 0 spiro atoms. The normalized spacial score (nSPS) is 18.2. The number of ether oxygens (including phenoxy) is 1. The summed E-state index contributed by atoms with van der Waals surface area (Å²) in [6, 6.07) is 16.2. The van der Waals surface area contributed by atoms with E-state index in [4.69, 9.17) is 4.74 Å². The molecule has 1 saturated heterocycles. The van der Waals surface area contributed by atoms with Gasteiger partial charge in [-0.25, -0.2) is 4.68 Å². The summed E-state index contributed by atoms with van der Waals surface area (Å²) in [5, 5.41) is 13.6. The number of nitrogens with zero attached hydrogens (tertiary/aromatic N) is 6. The fourth-order valence-electron chi connectivity index (χ4n) is 6.14. The van der Waals surface area contributed by atoms with Gasteiger partial charge < -0.3 is 15.4 Å². The van der Waals surface area contributed by atoms with Gasteiger partial charge in [0.25, 0.3) is 11.8 Å². The van der Waals surface area contributed by atoms with Crippen molar-refractivity contribution in [2.75, 3.05) is 37.9 Å². The summed E-state index contributed by atoms with van der Waals surface area (Å²) in [5.41, 5.74) is 2.58. The number of anilines is 1. The van der Waals surface area contributed by atoms with Gasteiger partial charge in [-0.15, -0.1) is 13.2 Å². The van der Waals surface area contributed by atoms with Crippen molar-refractivity contribution in [3.63, 3.8) is 0 Å². The summed E-state index contributed by atoms with van der Waals surface area (Å²) >= 11 is 0. The molecule has 4 heterocycles. The highest BCUT2D eigenvalue weighted by Crippen LogP contribution is 2.41. The third kappa shape index (κ3) is 7.12. The van der Waals surface area contributed by atoms with Crippen LogP contribution in [-0.4, -0.2) is 81.2 Å². The lowest BCUT2D eigenvalue weighted by Crippen LogP contribution is -2.55. The Balaban J connectivity index is 1.32. The number of aromatic nitrogens is 4. The molecule has 0 bridgehead atoms. The number of hydrogen-bond donors (Lipinski definition) is 2. The number of alkyl halides is 3. The lowest BCUT2D eigenvalue weighted by Gasteiger charge is -2.38. The number of para-hydroxylation sites is 1. The zero-order chi connectivity index (χ0) is 34.7. The topological polar surface area (TPSA) is 127 Å². The summed E-state index contributed by atoms with van der Waals surface area (Å²) in [6.07, 6.45) is -1.66. The Labute approximate surface area is 280 Å². The predicted octanol–water partition coefficient (Wildman–Crippen LogP) is 3.69. The molecule has 3 amide bonds. The van der Waals surface area contributed by atoms with E-state index >= 15 is 0 Å². The van der Waals surface area contributed by atoms with Gasteiger partial charge in [-0.05, 0) is 42.7 Å². The minimum atomic E-state index is -4.81. The molecule has 4 aromatic rings. The van der Waals surface area contributed by atoms with Gasteiger partial charge in [0.2, 0.25) is 5.91 Å². The summed E-state index contributed by atoms with van der Waals surface area (Å²) < 4.78 is 46.5. The number of benzene rings is 2. The minimum Gasteiger partial charge on any atom is -0.366 e. The molecule has 0 unspecified atom stereocenters. The number of fused-ring (bicyclic) bond motifs is 1. The third-order valence-corrected chi connectivity index (χ3v) is 8.45. The van der Waals surface area contributed by atoms with Gasteiger partial charge in [0, 0.05) is 56.0 Å². The van der Waals surface area contributed by atoms with Crippen LogP contribution in [0.25, 0.3) is 5.69 Å². The highest BCUT2D eigenvalue weighted by molar-refractivity contribution is 6.04. The molecule has 1 fully saturated rings. The molecule has 2 aliphatic rings. The SMILES string of the molecule is C=C(CN1CCCOC1)C(=O)NCc1cccc([C@@H]2c3cnn(-c4ccccc4)c3N(CC)C(=O)[C@H]2NC(=O)c2ccn(C(F)(F)F)n2)c1. The first-order chi connectivity index (χ1) is 23.5. The van der Waals surface area contributed by atoms with Crippen LogP contribution >= 0.6 is 0 Å². The highest BCUT2D eigenvalue weighted by atomic mass is 19.4. The monoisotopic (exact) mass is 676 g/mol. The van der Waals surface area contributed by atoms with Gasteiger partial charge in [-0.2, -0.15) is 14.9 Å². The minimum absolute atomic E-state index is 0.159. The van der Waals surface area contributed by atoms with Crippen LogP contribution in [0.5, 0.6) is 0 Å². The Bertz CT molecular complexity index is 1850. The number of carbonyl (C=O) groups is 3. The molecule has 2 aliphatic heterocycles. The van der Waals surface area contributed by atoms with E-state index in [2.05, 4.69) is 27.4 Å². The van der Waals surface area contributed by atoms with Crippen molar-refractivity contribution in [2.45, 2.75) is 38.1 Å². The van der Waals surface area contributed by atoms with E-state index in [0.29, 0.717) is 54.3 Å². The largest absolute Gasteiger partial charge is 0.504 e. The second-order valence-electron chi connectivity index (χ2n) is 11.8. The smallest absolute Gasteiger partial charge is 0.366 e. The molecule has 2 aromatic carbocycles. The Hall–Kier alpha value is -5.28.